The lowest BCUT2D eigenvalue weighted by molar-refractivity contribution is 0.641. The molecule has 1 aliphatic heterocycles. The molecule has 0 radical (unpaired) electrons. The number of hydrogen-bond acceptors (Lipinski definition) is 4. The van der Waals surface area contributed by atoms with E-state index in [2.05, 4.69) is 35.5 Å². The molecule has 1 aromatic carbocycles. The quantitative estimate of drug-likeness (QED) is 0.511. The zero-order chi connectivity index (χ0) is 19.7. The fourth-order valence-corrected chi connectivity index (χ4v) is 4.61. The summed E-state index contributed by atoms with van der Waals surface area (Å²) in [7, 11) is 0. The molecule has 27 heavy (non-hydrogen) atoms. The molecule has 0 bridgehead atoms. The highest BCUT2D eigenvalue weighted by atomic mass is 35.5. The summed E-state index contributed by atoms with van der Waals surface area (Å²) in [4.78, 5) is 6.41. The molecule has 2 aromatic heterocycles. The number of aliphatic imine (C=N–C) groups is 1. The maximum Gasteiger partial charge on any atom is 0.163 e. The van der Waals surface area contributed by atoms with E-state index < -0.39 is 0 Å². The molecule has 6 heteroatoms. The molecule has 0 aliphatic carbocycles. The zero-order valence-corrected chi connectivity index (χ0v) is 18.2. The fourth-order valence-electron chi connectivity index (χ4n) is 3.27. The number of fused-ring (bicyclic) bond motifs is 3. The Balaban J connectivity index is 0.00000102. The van der Waals surface area contributed by atoms with Crippen molar-refractivity contribution in [2.45, 2.75) is 54.0 Å². The van der Waals surface area contributed by atoms with Crippen LogP contribution in [0.2, 0.25) is 5.02 Å². The van der Waals surface area contributed by atoms with E-state index in [4.69, 9.17) is 16.6 Å². The molecule has 0 saturated carbocycles. The van der Waals surface area contributed by atoms with Crippen molar-refractivity contribution in [1.82, 2.24) is 14.8 Å². The minimum absolute atomic E-state index is 0.00816. The number of benzene rings is 1. The Bertz CT molecular complexity index is 983. The van der Waals surface area contributed by atoms with E-state index in [-0.39, 0.29) is 6.04 Å². The molecule has 3 heterocycles. The van der Waals surface area contributed by atoms with Crippen molar-refractivity contribution in [1.29, 1.82) is 0 Å². The van der Waals surface area contributed by atoms with Gasteiger partial charge >= 0.3 is 0 Å². The Labute approximate surface area is 169 Å². The number of hydrogen-bond donors (Lipinski definition) is 0. The average Bonchev–Trinajstić information content (AvgIpc) is 3.14. The van der Waals surface area contributed by atoms with Crippen LogP contribution in [0.5, 0.6) is 0 Å². The highest BCUT2D eigenvalue weighted by Crippen LogP contribution is 2.39. The molecule has 0 amide bonds. The predicted molar refractivity (Wildman–Crippen MR) is 115 cm³/mol. The minimum Gasteiger partial charge on any atom is -0.273 e. The molecule has 3 aromatic rings. The molecule has 4 rings (SSSR count). The van der Waals surface area contributed by atoms with Crippen LogP contribution >= 0.6 is 22.9 Å². The first-order chi connectivity index (χ1) is 13.0. The van der Waals surface area contributed by atoms with Gasteiger partial charge in [0.1, 0.15) is 16.9 Å². The van der Waals surface area contributed by atoms with Crippen molar-refractivity contribution >= 4 is 28.6 Å². The van der Waals surface area contributed by atoms with Crippen LogP contribution in [0.25, 0.3) is 5.00 Å². The van der Waals surface area contributed by atoms with Crippen LogP contribution in [-0.2, 0) is 0 Å². The monoisotopic (exact) mass is 400 g/mol. The molecule has 0 spiro atoms. The van der Waals surface area contributed by atoms with Crippen LogP contribution in [0.3, 0.4) is 0 Å². The average molecular weight is 401 g/mol. The van der Waals surface area contributed by atoms with Crippen LogP contribution in [0.4, 0.5) is 0 Å². The van der Waals surface area contributed by atoms with Crippen molar-refractivity contribution in [3.05, 3.63) is 62.5 Å². The van der Waals surface area contributed by atoms with Gasteiger partial charge < -0.3 is 0 Å². The fraction of sp³-hybridized carbons (Fsp3) is 0.381. The Morgan fingerprint density at radius 2 is 1.74 bits per heavy atom. The van der Waals surface area contributed by atoms with Gasteiger partial charge in [-0.05, 0) is 44.9 Å². The second-order valence-electron chi connectivity index (χ2n) is 6.31. The van der Waals surface area contributed by atoms with E-state index >= 15 is 0 Å². The van der Waals surface area contributed by atoms with Gasteiger partial charge in [-0.1, -0.05) is 44.5 Å². The van der Waals surface area contributed by atoms with E-state index in [1.807, 2.05) is 45.0 Å². The largest absolute Gasteiger partial charge is 0.273 e. The number of aryl methyl sites for hydroxylation is 2. The number of nitrogens with zero attached hydrogens (tertiary/aromatic N) is 4. The van der Waals surface area contributed by atoms with Crippen LogP contribution in [0.15, 0.2) is 29.3 Å². The van der Waals surface area contributed by atoms with E-state index in [0.717, 1.165) is 39.4 Å². The summed E-state index contributed by atoms with van der Waals surface area (Å²) >= 11 is 7.87. The number of rotatable bonds is 2. The van der Waals surface area contributed by atoms with Crippen LogP contribution in [0, 0.1) is 20.8 Å². The van der Waals surface area contributed by atoms with Crippen molar-refractivity contribution in [3.63, 3.8) is 0 Å². The zero-order valence-electron chi connectivity index (χ0n) is 16.7. The van der Waals surface area contributed by atoms with E-state index in [1.165, 1.54) is 16.0 Å². The summed E-state index contributed by atoms with van der Waals surface area (Å²) in [5.74, 6) is 1.83. The first kappa shape index (κ1) is 19.8. The lowest BCUT2D eigenvalue weighted by atomic mass is 10.00. The van der Waals surface area contributed by atoms with Gasteiger partial charge in [0.05, 0.1) is 5.71 Å². The molecule has 1 atom stereocenters. The number of aromatic nitrogens is 3. The third-order valence-electron chi connectivity index (χ3n) is 4.74. The SMILES string of the molecule is CC.CCC1N=C(c2ccc(Cl)cc2)c2c(sc(C)c2C)-n2c(C)nnc21. The minimum atomic E-state index is -0.00816. The Morgan fingerprint density at radius 3 is 2.37 bits per heavy atom. The van der Waals surface area contributed by atoms with Crippen molar-refractivity contribution in [2.75, 3.05) is 0 Å². The van der Waals surface area contributed by atoms with Gasteiger partial charge in [0.2, 0.25) is 0 Å². The van der Waals surface area contributed by atoms with Crippen LogP contribution < -0.4 is 0 Å². The van der Waals surface area contributed by atoms with Gasteiger partial charge in [0.15, 0.2) is 5.82 Å². The maximum atomic E-state index is 6.09. The normalized spacial score (nSPS) is 15.2. The molecule has 1 aliphatic rings. The van der Waals surface area contributed by atoms with Crippen LogP contribution in [0.1, 0.15) is 66.5 Å². The lowest BCUT2D eigenvalue weighted by Gasteiger charge is -2.10. The van der Waals surface area contributed by atoms with Gasteiger partial charge in [0, 0.05) is 21.0 Å². The third kappa shape index (κ3) is 3.34. The highest BCUT2D eigenvalue weighted by molar-refractivity contribution is 7.15. The molecular formula is C21H25ClN4S. The second kappa shape index (κ2) is 7.95. The third-order valence-corrected chi connectivity index (χ3v) is 6.19. The van der Waals surface area contributed by atoms with Gasteiger partial charge in [-0.15, -0.1) is 21.5 Å². The molecule has 142 valence electrons. The van der Waals surface area contributed by atoms with Gasteiger partial charge in [0.25, 0.3) is 0 Å². The second-order valence-corrected chi connectivity index (χ2v) is 7.95. The summed E-state index contributed by atoms with van der Waals surface area (Å²) < 4.78 is 2.18. The highest BCUT2D eigenvalue weighted by Gasteiger charge is 2.30. The molecule has 0 N–H and O–H groups in total. The van der Waals surface area contributed by atoms with Gasteiger partial charge in [-0.2, -0.15) is 0 Å². The first-order valence-corrected chi connectivity index (χ1v) is 10.6. The van der Waals surface area contributed by atoms with Crippen LogP contribution in [-0.4, -0.2) is 20.5 Å². The first-order valence-electron chi connectivity index (χ1n) is 9.37. The molecule has 0 saturated heterocycles. The van der Waals surface area contributed by atoms with Gasteiger partial charge in [-0.25, -0.2) is 0 Å². The van der Waals surface area contributed by atoms with Crippen molar-refractivity contribution in [3.8, 4) is 5.00 Å². The predicted octanol–water partition coefficient (Wildman–Crippen LogP) is 6.24. The maximum absolute atomic E-state index is 6.09. The summed E-state index contributed by atoms with van der Waals surface area (Å²) in [6.07, 6.45) is 0.877. The standard InChI is InChI=1S/C19H19ClN4S.C2H6/c1-5-15-18-23-22-12(4)24(18)19-16(10(2)11(3)25-19)17(21-15)13-6-8-14(20)9-7-13;1-2/h6-9,15H,5H2,1-4H3;1-2H3. The smallest absolute Gasteiger partial charge is 0.163 e. The molecule has 0 fully saturated rings. The number of thiophene rings is 1. The Kier molecular flexibility index (Phi) is 5.82. The van der Waals surface area contributed by atoms with E-state index in [0.29, 0.717) is 0 Å². The van der Waals surface area contributed by atoms with Crippen molar-refractivity contribution < 1.29 is 0 Å². The summed E-state index contributed by atoms with van der Waals surface area (Å²) in [6.45, 7) is 12.5. The molecule has 1 unspecified atom stereocenters. The summed E-state index contributed by atoms with van der Waals surface area (Å²) in [5, 5.41) is 10.7. The summed E-state index contributed by atoms with van der Waals surface area (Å²) in [5.41, 5.74) is 4.56. The van der Waals surface area contributed by atoms with E-state index in [1.54, 1.807) is 11.3 Å². The molecule has 4 nitrogen and oxygen atoms in total. The summed E-state index contributed by atoms with van der Waals surface area (Å²) in [6, 6.07) is 7.92. The Hall–Kier alpha value is -1.98. The lowest BCUT2D eigenvalue weighted by Crippen LogP contribution is -2.07. The van der Waals surface area contributed by atoms with Gasteiger partial charge in [-0.3, -0.25) is 9.56 Å². The Morgan fingerprint density at radius 1 is 1.07 bits per heavy atom. The van der Waals surface area contributed by atoms with E-state index in [9.17, 15) is 0 Å². The van der Waals surface area contributed by atoms with Crippen molar-refractivity contribution in [2.24, 2.45) is 4.99 Å². The molecular weight excluding hydrogens is 376 g/mol. The topological polar surface area (TPSA) is 43.1 Å². The number of halogens is 1.